The Hall–Kier alpha value is -19.7. The normalized spacial score (nSPS) is 12.5. The summed E-state index contributed by atoms with van der Waals surface area (Å²) in [6.07, 6.45) is 0. The van der Waals surface area contributed by atoms with Crippen LogP contribution in [0.25, 0.3) is 312 Å². The van der Waals surface area contributed by atoms with Crippen molar-refractivity contribution in [2.45, 2.75) is 0 Å². The average molecular weight is 1860 g/mol. The SMILES string of the molecule is c1ccc(-n2c3ccccc3c3cc(-n4c5ccccc5c5c4c4c6ccccc6c6cccc5n64)ccc32)cc1.c1ccc2c(-n3c4ccccc4c4c3c3c5ccccc5c5cccc4n53)cccc2c1.c1ccc2c(c1)-c1cccc3c(-n4c5ccccc5c5c4c4c6ccccc6c6cccc5n64)ccc-2c13.c1ccc2c(c1)oc1ccc(-n3c4ccccc4c4c3c3c5ccccc5c5cccc4n53)cc12. The molecule has 0 radical (unpaired) electrons. The number of pyridine rings is 4. The van der Waals surface area contributed by atoms with E-state index in [1.165, 1.54) is 285 Å². The molecule has 0 saturated heterocycles. The number of nitrogens with zero attached hydrogens (tertiary/aromatic N) is 9. The minimum absolute atomic E-state index is 0.918. The van der Waals surface area contributed by atoms with Crippen molar-refractivity contribution < 1.29 is 4.42 Å². The van der Waals surface area contributed by atoms with E-state index in [0.29, 0.717) is 0 Å². The monoisotopic (exact) mass is 1850 g/mol. The maximum absolute atomic E-state index is 6.13. The molecule has 10 heteroatoms. The van der Waals surface area contributed by atoms with E-state index in [1.54, 1.807) is 0 Å². The van der Waals surface area contributed by atoms with Crippen molar-refractivity contribution in [2.24, 2.45) is 0 Å². The molecular formula is C136H79N9O. The molecule has 0 saturated carbocycles. The van der Waals surface area contributed by atoms with Crippen molar-refractivity contribution in [1.29, 1.82) is 0 Å². The van der Waals surface area contributed by atoms with E-state index in [9.17, 15) is 0 Å². The third-order valence-corrected chi connectivity index (χ3v) is 32.4. The van der Waals surface area contributed by atoms with Gasteiger partial charge in [-0.1, -0.05) is 334 Å². The Labute approximate surface area is 830 Å². The molecule has 18 aromatic heterocycles. The summed E-state index contributed by atoms with van der Waals surface area (Å²) >= 11 is 0. The maximum Gasteiger partial charge on any atom is 0.135 e. The summed E-state index contributed by atoms with van der Waals surface area (Å²) in [5.74, 6) is 0. The lowest BCUT2D eigenvalue weighted by Crippen LogP contribution is -1.96. The summed E-state index contributed by atoms with van der Waals surface area (Å²) in [6.45, 7) is 0. The summed E-state index contributed by atoms with van der Waals surface area (Å²) in [4.78, 5) is 0. The Morgan fingerprint density at radius 3 is 0.897 bits per heavy atom. The standard InChI is InChI=1S/C38H23N3.C36H20N2.C32H18N2O.C30H18N2/c1-2-11-24(12-3-1)39-31-17-8-6-14-27(31)30-23-25(21-22-34(30)39)40-33-18-9-7-16-29(33)36-35-20-10-19-32-26-13-4-5-15-28(26)37(38(36)40)41(32)35;1-2-10-22-21(9-1)24-14-7-15-27-31(20-19-25(22)33(24)27)37-30-16-6-5-13-28(30)34-32-18-8-17-29-23-11-3-4-12-26(23)35(36(34)37)38(29)32;1-2-10-22-20(8-1)25-13-7-14-27-30-23-11-3-5-12-26(23)33(32(30)31(22)34(25)27)19-16-17-29-24(18-19)21-9-4-6-15-28(21)35-29;1-2-11-20-19(9-1)10-7-16-24(20)31-26-15-6-5-14-23(26)28-27-18-8-17-25-21-12-3-4-13-22(21)29(30(28)31)32(25)27/h1-23H;1-20H;1-18H;1-18H. The fraction of sp³-hybridized carbons (Fsp3) is 0. The van der Waals surface area contributed by atoms with E-state index in [4.69, 9.17) is 4.42 Å². The molecule has 0 bridgehead atoms. The fourth-order valence-corrected chi connectivity index (χ4v) is 26.8. The Morgan fingerprint density at radius 2 is 0.425 bits per heavy atom. The zero-order valence-electron chi connectivity index (χ0n) is 78.5. The lowest BCUT2D eigenvalue weighted by atomic mass is 10.0. The van der Waals surface area contributed by atoms with Gasteiger partial charge in [0.05, 0.1) is 133 Å². The van der Waals surface area contributed by atoms with Gasteiger partial charge in [-0.05, 0) is 179 Å². The summed E-state index contributed by atoms with van der Waals surface area (Å²) in [5.41, 5.74) is 41.0. The predicted octanol–water partition coefficient (Wildman–Crippen LogP) is 36.1. The first kappa shape index (κ1) is 78.2. The van der Waals surface area contributed by atoms with Crippen LogP contribution in [0.2, 0.25) is 0 Å². The second-order valence-electron chi connectivity index (χ2n) is 39.5. The molecule has 1 aliphatic carbocycles. The summed E-state index contributed by atoms with van der Waals surface area (Å²) in [6, 6.07) is 174. The van der Waals surface area contributed by atoms with E-state index in [2.05, 4.69) is 508 Å². The van der Waals surface area contributed by atoms with Gasteiger partial charge < -0.3 is 44.9 Å². The van der Waals surface area contributed by atoms with Crippen LogP contribution in [-0.4, -0.2) is 40.4 Å². The van der Waals surface area contributed by atoms with Crippen molar-refractivity contribution in [3.8, 4) is 50.7 Å². The smallest absolute Gasteiger partial charge is 0.135 e. The molecule has 10 nitrogen and oxygen atoms in total. The number of hydrogen-bond acceptors (Lipinski definition) is 1. The van der Waals surface area contributed by atoms with Crippen molar-refractivity contribution in [3.63, 3.8) is 0 Å². The van der Waals surface area contributed by atoms with Gasteiger partial charge in [0.15, 0.2) is 0 Å². The molecule has 1 aliphatic rings. The minimum atomic E-state index is 0.918. The van der Waals surface area contributed by atoms with Crippen LogP contribution in [-0.2, 0) is 0 Å². The van der Waals surface area contributed by atoms with E-state index < -0.39 is 0 Å². The molecule has 0 amide bonds. The second-order valence-corrected chi connectivity index (χ2v) is 39.5. The number of aromatic nitrogens is 9. The first-order valence-electron chi connectivity index (χ1n) is 50.4. The molecular weight excluding hydrogens is 1780 g/mol. The number of fused-ring (bicyclic) bond motifs is 42. The van der Waals surface area contributed by atoms with Crippen molar-refractivity contribution in [3.05, 3.63) is 479 Å². The van der Waals surface area contributed by atoms with Crippen molar-refractivity contribution in [2.75, 3.05) is 0 Å². The Morgan fingerprint density at radius 1 is 0.130 bits per heavy atom. The molecule has 146 heavy (non-hydrogen) atoms. The summed E-state index contributed by atoms with van der Waals surface area (Å²) < 4.78 is 28.3. The summed E-state index contributed by atoms with van der Waals surface area (Å²) in [7, 11) is 0. The van der Waals surface area contributed by atoms with Gasteiger partial charge in [0, 0.05) is 136 Å². The quantitative estimate of drug-likeness (QED) is 0.169. The van der Waals surface area contributed by atoms with E-state index >= 15 is 0 Å². The Balaban J connectivity index is 0.0000000839. The van der Waals surface area contributed by atoms with Gasteiger partial charge in [0.25, 0.3) is 0 Å². The van der Waals surface area contributed by atoms with Gasteiger partial charge in [-0.2, -0.15) is 0 Å². The molecule has 0 fully saturated rings. The molecule has 0 spiro atoms. The Bertz CT molecular complexity index is 12000. The van der Waals surface area contributed by atoms with Gasteiger partial charge in [-0.15, -0.1) is 0 Å². The number of furan rings is 1. The van der Waals surface area contributed by atoms with E-state index in [0.717, 1.165) is 27.6 Å². The highest BCUT2D eigenvalue weighted by Crippen LogP contribution is 2.55. The van der Waals surface area contributed by atoms with Gasteiger partial charge in [-0.25, -0.2) is 0 Å². The molecule has 0 unspecified atom stereocenters. The van der Waals surface area contributed by atoms with Crippen molar-refractivity contribution >= 4 is 262 Å². The maximum atomic E-state index is 6.13. The zero-order valence-corrected chi connectivity index (χ0v) is 78.5. The fourth-order valence-electron chi connectivity index (χ4n) is 26.8. The summed E-state index contributed by atoms with van der Waals surface area (Å²) in [5, 5.41) is 30.9. The Kier molecular flexibility index (Phi) is 15.5. The molecule has 37 rings (SSSR count). The zero-order chi connectivity index (χ0) is 94.7. The largest absolute Gasteiger partial charge is 0.456 e. The molecule has 674 valence electrons. The molecule has 0 N–H and O–H groups in total. The lowest BCUT2D eigenvalue weighted by molar-refractivity contribution is 0.669. The van der Waals surface area contributed by atoms with Gasteiger partial charge >= 0.3 is 0 Å². The number of para-hydroxylation sites is 7. The van der Waals surface area contributed by atoms with Crippen molar-refractivity contribution in [1.82, 2.24) is 40.4 Å². The second kappa shape index (κ2) is 29.0. The van der Waals surface area contributed by atoms with Crippen LogP contribution in [0.4, 0.5) is 0 Å². The number of rotatable bonds is 5. The molecule has 0 atom stereocenters. The van der Waals surface area contributed by atoms with Crippen LogP contribution in [0, 0.1) is 0 Å². The highest BCUT2D eigenvalue weighted by Gasteiger charge is 2.33. The number of hydrogen-bond donors (Lipinski definition) is 0. The average Bonchev–Trinajstić information content (AvgIpc) is 1.52. The molecule has 18 aromatic carbocycles. The first-order chi connectivity index (χ1) is 72.6. The molecule has 36 aromatic rings. The van der Waals surface area contributed by atoms with Crippen LogP contribution in [0.15, 0.2) is 484 Å². The van der Waals surface area contributed by atoms with Gasteiger partial charge in [0.1, 0.15) is 11.2 Å². The third-order valence-electron chi connectivity index (χ3n) is 32.4. The first-order valence-corrected chi connectivity index (χ1v) is 50.4. The van der Waals surface area contributed by atoms with Crippen LogP contribution < -0.4 is 0 Å². The van der Waals surface area contributed by atoms with E-state index in [-0.39, 0.29) is 0 Å². The van der Waals surface area contributed by atoms with E-state index in [1.807, 2.05) is 12.1 Å². The van der Waals surface area contributed by atoms with Crippen LogP contribution in [0.5, 0.6) is 0 Å². The minimum Gasteiger partial charge on any atom is -0.456 e. The lowest BCUT2D eigenvalue weighted by Gasteiger charge is -2.13. The predicted molar refractivity (Wildman–Crippen MR) is 613 cm³/mol. The molecule has 0 aliphatic heterocycles. The molecule has 18 heterocycles. The highest BCUT2D eigenvalue weighted by molar-refractivity contribution is 6.35. The highest BCUT2D eigenvalue weighted by atomic mass is 16.3. The van der Waals surface area contributed by atoms with Crippen LogP contribution >= 0.6 is 0 Å². The van der Waals surface area contributed by atoms with Crippen LogP contribution in [0.3, 0.4) is 0 Å². The van der Waals surface area contributed by atoms with Gasteiger partial charge in [-0.3, -0.25) is 0 Å². The third kappa shape index (κ3) is 10.2. The number of benzene rings is 18. The topological polar surface area (TPSA) is 55.4 Å². The van der Waals surface area contributed by atoms with Gasteiger partial charge in [0.2, 0.25) is 0 Å². The van der Waals surface area contributed by atoms with Crippen LogP contribution in [0.1, 0.15) is 0 Å².